The summed E-state index contributed by atoms with van der Waals surface area (Å²) in [6.07, 6.45) is 11.1. The van der Waals surface area contributed by atoms with Gasteiger partial charge >= 0.3 is 5.97 Å². The summed E-state index contributed by atoms with van der Waals surface area (Å²) < 4.78 is 6.27. The van der Waals surface area contributed by atoms with E-state index in [4.69, 9.17) is 10.5 Å². The number of aliphatic hydroxyl groups is 2. The average Bonchev–Trinajstić information content (AvgIpc) is 3.39. The van der Waals surface area contributed by atoms with Crippen LogP contribution < -0.4 is 11.1 Å². The molecular weight excluding hydrogens is 677 g/mol. The van der Waals surface area contributed by atoms with Crippen molar-refractivity contribution in [3.63, 3.8) is 0 Å². The van der Waals surface area contributed by atoms with Gasteiger partial charge in [-0.25, -0.2) is 0 Å². The Bertz CT molecular complexity index is 1190. The quantitative estimate of drug-likeness (QED) is 0.0738. The van der Waals surface area contributed by atoms with E-state index in [1.165, 1.54) is 19.8 Å². The molecule has 4 rings (SSSR count). The van der Waals surface area contributed by atoms with Gasteiger partial charge in [0, 0.05) is 25.3 Å². The van der Waals surface area contributed by atoms with Crippen molar-refractivity contribution < 1.29 is 24.5 Å². The predicted molar refractivity (Wildman–Crippen MR) is 220 cm³/mol. The van der Waals surface area contributed by atoms with Gasteiger partial charge in [0.05, 0.1) is 12.2 Å². The molecule has 9 nitrogen and oxygen atoms in total. The van der Waals surface area contributed by atoms with Crippen molar-refractivity contribution in [3.05, 3.63) is 0 Å². The predicted octanol–water partition coefficient (Wildman–Crippen LogP) is 6.88. The van der Waals surface area contributed by atoms with E-state index < -0.39 is 6.10 Å². The fourth-order valence-electron chi connectivity index (χ4n) is 13.1. The first-order valence-electron chi connectivity index (χ1n) is 22.5. The lowest BCUT2D eigenvalue weighted by molar-refractivity contribution is -0.239. The molecule has 54 heavy (non-hydrogen) atoms. The number of esters is 1. The summed E-state index contributed by atoms with van der Waals surface area (Å²) in [4.78, 5) is 32.3. The van der Waals surface area contributed by atoms with Gasteiger partial charge in [-0.05, 0) is 162 Å². The number of hydrogen-bond acceptors (Lipinski definition) is 8. The first-order chi connectivity index (χ1) is 25.6. The molecule has 4 fully saturated rings. The number of ether oxygens (including phenoxy) is 1. The van der Waals surface area contributed by atoms with Crippen LogP contribution in [0.1, 0.15) is 146 Å². The fraction of sp³-hybridized carbons (Fsp3) is 0.956. The third-order valence-electron chi connectivity index (χ3n) is 16.1. The van der Waals surface area contributed by atoms with E-state index in [0.717, 1.165) is 110 Å². The van der Waals surface area contributed by atoms with E-state index >= 15 is 0 Å². The van der Waals surface area contributed by atoms with Crippen LogP contribution >= 0.6 is 0 Å². The minimum Gasteiger partial charge on any atom is -0.462 e. The molecule has 12 atom stereocenters. The van der Waals surface area contributed by atoms with E-state index in [0.29, 0.717) is 24.8 Å². The Hall–Kier alpha value is -1.26. The highest BCUT2D eigenvalue weighted by Crippen LogP contribution is 2.75. The molecule has 9 heteroatoms. The van der Waals surface area contributed by atoms with Crippen molar-refractivity contribution in [1.82, 2.24) is 15.1 Å². The minimum atomic E-state index is -0.489. The zero-order valence-electron chi connectivity index (χ0n) is 36.2. The van der Waals surface area contributed by atoms with E-state index in [1.807, 2.05) is 0 Å². The molecule has 0 heterocycles. The monoisotopic (exact) mass is 761 g/mol. The highest BCUT2D eigenvalue weighted by atomic mass is 16.5. The number of aliphatic hydroxyl groups excluding tert-OH is 2. The molecule has 5 N–H and O–H groups in total. The fourth-order valence-corrected chi connectivity index (χ4v) is 13.1. The largest absolute Gasteiger partial charge is 0.462 e. The Morgan fingerprint density at radius 1 is 0.852 bits per heavy atom. The summed E-state index contributed by atoms with van der Waals surface area (Å²) in [5.74, 6) is 0.748. The van der Waals surface area contributed by atoms with Crippen LogP contribution in [0.3, 0.4) is 0 Å². The maximum Gasteiger partial charge on any atom is 0.302 e. The number of fused-ring (bicyclic) bond motifs is 5. The molecule has 314 valence electrons. The second-order valence-electron chi connectivity index (χ2n) is 19.6. The number of rotatable bonds is 21. The molecule has 1 amide bonds. The minimum absolute atomic E-state index is 0.0607. The molecule has 4 saturated carbocycles. The number of nitrogens with two attached hydrogens (primary N) is 1. The number of nitrogens with one attached hydrogen (secondary N) is 1. The average molecular weight is 761 g/mol. The second kappa shape index (κ2) is 19.9. The van der Waals surface area contributed by atoms with Crippen molar-refractivity contribution in [2.24, 2.45) is 63.4 Å². The number of unbranched alkanes of at least 4 members (excludes halogenated alkanes) is 1. The Kier molecular flexibility index (Phi) is 16.8. The maximum atomic E-state index is 14.5. The van der Waals surface area contributed by atoms with Crippen molar-refractivity contribution in [1.29, 1.82) is 0 Å². The van der Waals surface area contributed by atoms with Gasteiger partial charge in [0.2, 0.25) is 5.91 Å². The summed E-state index contributed by atoms with van der Waals surface area (Å²) in [6, 6.07) is 0. The van der Waals surface area contributed by atoms with Gasteiger partial charge in [0.25, 0.3) is 0 Å². The number of carbonyl (C=O) groups excluding carboxylic acids is 2. The van der Waals surface area contributed by atoms with Gasteiger partial charge in [-0.2, -0.15) is 0 Å². The van der Waals surface area contributed by atoms with Crippen LogP contribution in [0, 0.1) is 57.7 Å². The van der Waals surface area contributed by atoms with Gasteiger partial charge in [-0.1, -0.05) is 68.2 Å². The summed E-state index contributed by atoms with van der Waals surface area (Å²) >= 11 is 0. The lowest BCUT2D eigenvalue weighted by Crippen LogP contribution is -2.66. The van der Waals surface area contributed by atoms with Gasteiger partial charge in [0.1, 0.15) is 6.10 Å². The molecule has 0 aliphatic heterocycles. The van der Waals surface area contributed by atoms with Crippen LogP contribution in [0.25, 0.3) is 0 Å². The third-order valence-corrected chi connectivity index (χ3v) is 16.1. The van der Waals surface area contributed by atoms with Crippen LogP contribution in [0.15, 0.2) is 0 Å². The first-order valence-corrected chi connectivity index (χ1v) is 22.5. The Balaban J connectivity index is 1.49. The molecule has 0 saturated heterocycles. The number of hydrogen-bond donors (Lipinski definition) is 4. The molecule has 0 aromatic carbocycles. The molecule has 0 aromatic rings. The van der Waals surface area contributed by atoms with Gasteiger partial charge in [0.15, 0.2) is 0 Å². The molecule has 0 radical (unpaired) electrons. The highest BCUT2D eigenvalue weighted by molar-refractivity contribution is 5.79. The molecule has 0 spiro atoms. The Morgan fingerprint density at radius 2 is 1.48 bits per heavy atom. The summed E-state index contributed by atoms with van der Waals surface area (Å²) in [5, 5.41) is 26.6. The standard InChI is InChI=1S/C45H84N4O5/c1-10-48(27-15-23-46)25-12-13-26-49(11-2)28-16-24-47-42(53)34(18-14-17-31(3)4)40-36-29-38(52)41-43(7)21-20-37(51)32(5)35(43)19-22-44(41,8)45(36,9)30-39(40)54-33(6)50/h31-32,34-41,51-52H,10-30,46H2,1-9H3,(H,47,53)/t32-,34-,35?,36?,37-,38+,39-,40-,41?,43-,44-,45-/m0/s1. The Labute approximate surface area is 330 Å². The van der Waals surface area contributed by atoms with Crippen molar-refractivity contribution >= 4 is 11.9 Å². The summed E-state index contributed by atoms with van der Waals surface area (Å²) in [6.45, 7) is 27.6. The molecular formula is C45H84N4O5. The van der Waals surface area contributed by atoms with Crippen LogP contribution in [-0.4, -0.2) is 103 Å². The number of carbonyl (C=O) groups is 2. The number of amides is 1. The van der Waals surface area contributed by atoms with E-state index in [9.17, 15) is 19.8 Å². The van der Waals surface area contributed by atoms with Crippen molar-refractivity contribution in [2.75, 3.05) is 52.4 Å². The molecule has 4 aliphatic rings. The van der Waals surface area contributed by atoms with E-state index in [1.54, 1.807) is 0 Å². The normalized spacial score (nSPS) is 36.9. The van der Waals surface area contributed by atoms with Gasteiger partial charge in [-0.15, -0.1) is 0 Å². The summed E-state index contributed by atoms with van der Waals surface area (Å²) in [5.41, 5.74) is 5.30. The maximum absolute atomic E-state index is 14.5. The molecule has 0 bridgehead atoms. The topological polar surface area (TPSA) is 128 Å². The van der Waals surface area contributed by atoms with Crippen LogP contribution in [0.4, 0.5) is 0 Å². The van der Waals surface area contributed by atoms with Crippen LogP contribution in [0.2, 0.25) is 0 Å². The number of nitrogens with zero attached hydrogens (tertiary/aromatic N) is 2. The highest BCUT2D eigenvalue weighted by Gasteiger charge is 2.72. The van der Waals surface area contributed by atoms with Crippen LogP contribution in [0.5, 0.6) is 0 Å². The summed E-state index contributed by atoms with van der Waals surface area (Å²) in [7, 11) is 0. The first kappa shape index (κ1) is 45.4. The second-order valence-corrected chi connectivity index (χ2v) is 19.6. The molecule has 3 unspecified atom stereocenters. The molecule has 4 aliphatic carbocycles. The zero-order chi connectivity index (χ0) is 39.8. The van der Waals surface area contributed by atoms with E-state index in [-0.39, 0.29) is 69.9 Å². The van der Waals surface area contributed by atoms with Gasteiger partial charge in [-0.3, -0.25) is 9.59 Å². The van der Waals surface area contributed by atoms with Crippen molar-refractivity contribution in [2.45, 2.75) is 164 Å². The zero-order valence-corrected chi connectivity index (χ0v) is 36.2. The third kappa shape index (κ3) is 9.88. The smallest absolute Gasteiger partial charge is 0.302 e. The lowest BCUT2D eigenvalue weighted by atomic mass is 9.36. The van der Waals surface area contributed by atoms with E-state index in [2.05, 4.69) is 70.5 Å². The SMILES string of the molecule is CCN(CCCN)CCCCN(CC)CCCNC(=O)[C@@H](CCCC(C)C)[C@H]1C2C[C@@H](O)C3[C@@]4(C)CC[C@H](O)[C@@H](C)C4CC[C@]3(C)[C@@]2(C)C[C@@H]1OC(C)=O. The van der Waals surface area contributed by atoms with Crippen molar-refractivity contribution in [3.8, 4) is 0 Å². The Morgan fingerprint density at radius 3 is 2.07 bits per heavy atom. The van der Waals surface area contributed by atoms with Crippen LogP contribution in [-0.2, 0) is 14.3 Å². The molecule has 0 aromatic heterocycles. The lowest BCUT2D eigenvalue weighted by Gasteiger charge is -2.69. The van der Waals surface area contributed by atoms with Gasteiger partial charge < -0.3 is 35.8 Å².